The van der Waals surface area contributed by atoms with Crippen LogP contribution in [0, 0.1) is 0 Å². The van der Waals surface area contributed by atoms with Crippen molar-refractivity contribution in [1.29, 1.82) is 0 Å². The van der Waals surface area contributed by atoms with Crippen LogP contribution in [0.4, 0.5) is 0 Å². The quantitative estimate of drug-likeness (QED) is 0.810. The van der Waals surface area contributed by atoms with E-state index in [1.54, 1.807) is 30.3 Å². The Morgan fingerprint density at radius 1 is 1.17 bits per heavy atom. The van der Waals surface area contributed by atoms with Gasteiger partial charge in [0.15, 0.2) is 9.84 Å². The van der Waals surface area contributed by atoms with Crippen LogP contribution in [0.2, 0.25) is 5.02 Å². The van der Waals surface area contributed by atoms with E-state index in [1.807, 2.05) is 0 Å². The number of rotatable bonds is 6. The maximum absolute atomic E-state index is 12.0. The number of amides is 1. The van der Waals surface area contributed by atoms with Crippen LogP contribution in [0.15, 0.2) is 53.4 Å². The third-order valence-corrected chi connectivity index (χ3v) is 4.36. The molecule has 0 unspecified atom stereocenters. The summed E-state index contributed by atoms with van der Waals surface area (Å²) >= 11 is 5.77. The van der Waals surface area contributed by atoms with Crippen molar-refractivity contribution in [3.8, 4) is 5.75 Å². The highest BCUT2D eigenvalue weighted by molar-refractivity contribution is 7.90. The molecule has 0 saturated heterocycles. The minimum absolute atomic E-state index is 0.113. The normalized spacial score (nSPS) is 11.0. The Labute approximate surface area is 140 Å². The van der Waals surface area contributed by atoms with E-state index in [2.05, 4.69) is 5.32 Å². The molecule has 23 heavy (non-hydrogen) atoms. The molecule has 0 saturated carbocycles. The number of carbonyl (C=O) groups is 1. The smallest absolute Gasteiger partial charge is 0.251 e. The molecule has 0 radical (unpaired) electrons. The lowest BCUT2D eigenvalue weighted by atomic mass is 10.2. The summed E-state index contributed by atoms with van der Waals surface area (Å²) in [7, 11) is -3.34. The SMILES string of the molecule is CS(=O)(=O)c1cccc(C(=O)NCCOc2ccc(Cl)cc2)c1. The molecule has 0 aliphatic rings. The number of nitrogens with one attached hydrogen (secondary N) is 1. The van der Waals surface area contributed by atoms with Gasteiger partial charge in [0.2, 0.25) is 0 Å². The summed E-state index contributed by atoms with van der Waals surface area (Å²) in [5, 5.41) is 3.30. The second-order valence-corrected chi connectivity index (χ2v) is 7.31. The third-order valence-electron chi connectivity index (χ3n) is 2.99. The molecule has 0 atom stereocenters. The van der Waals surface area contributed by atoms with Gasteiger partial charge in [0.25, 0.3) is 5.91 Å². The number of hydrogen-bond donors (Lipinski definition) is 1. The Morgan fingerprint density at radius 3 is 2.52 bits per heavy atom. The number of sulfone groups is 1. The van der Waals surface area contributed by atoms with Crippen LogP contribution in [0.1, 0.15) is 10.4 Å². The first kappa shape index (κ1) is 17.3. The Kier molecular flexibility index (Phi) is 5.63. The largest absolute Gasteiger partial charge is 0.492 e. The van der Waals surface area contributed by atoms with E-state index in [4.69, 9.17) is 16.3 Å². The number of benzene rings is 2. The lowest BCUT2D eigenvalue weighted by Gasteiger charge is -2.08. The monoisotopic (exact) mass is 353 g/mol. The molecule has 2 aromatic carbocycles. The predicted molar refractivity (Wildman–Crippen MR) is 88.8 cm³/mol. The van der Waals surface area contributed by atoms with Crippen molar-refractivity contribution in [2.75, 3.05) is 19.4 Å². The molecule has 0 bridgehead atoms. The molecule has 0 aliphatic carbocycles. The van der Waals surface area contributed by atoms with E-state index in [1.165, 1.54) is 18.2 Å². The summed E-state index contributed by atoms with van der Waals surface area (Å²) in [5.41, 5.74) is 0.291. The van der Waals surface area contributed by atoms with E-state index in [0.29, 0.717) is 29.5 Å². The summed E-state index contributed by atoms with van der Waals surface area (Å²) in [4.78, 5) is 12.1. The van der Waals surface area contributed by atoms with Crippen LogP contribution < -0.4 is 10.1 Å². The van der Waals surface area contributed by atoms with Gasteiger partial charge in [-0.05, 0) is 42.5 Å². The number of hydrogen-bond acceptors (Lipinski definition) is 4. The molecule has 0 aliphatic heterocycles. The lowest BCUT2D eigenvalue weighted by molar-refractivity contribution is 0.0947. The van der Waals surface area contributed by atoms with Gasteiger partial charge in [0, 0.05) is 16.8 Å². The standard InChI is InChI=1S/C16H16ClNO4S/c1-23(20,21)15-4-2-3-12(11-15)16(19)18-9-10-22-14-7-5-13(17)6-8-14/h2-8,11H,9-10H2,1H3,(H,18,19). The van der Waals surface area contributed by atoms with Crippen molar-refractivity contribution in [1.82, 2.24) is 5.32 Å². The number of ether oxygens (including phenoxy) is 1. The molecule has 1 amide bonds. The van der Waals surface area contributed by atoms with Crippen LogP contribution in [0.25, 0.3) is 0 Å². The van der Waals surface area contributed by atoms with Crippen molar-refractivity contribution in [2.45, 2.75) is 4.90 Å². The predicted octanol–water partition coefficient (Wildman–Crippen LogP) is 2.55. The molecule has 0 spiro atoms. The van der Waals surface area contributed by atoms with Crippen LogP contribution in [-0.4, -0.2) is 33.7 Å². The van der Waals surface area contributed by atoms with Gasteiger partial charge in [0.1, 0.15) is 12.4 Å². The third kappa shape index (κ3) is 5.26. The van der Waals surface area contributed by atoms with Gasteiger partial charge in [-0.25, -0.2) is 8.42 Å². The van der Waals surface area contributed by atoms with Crippen molar-refractivity contribution in [2.24, 2.45) is 0 Å². The number of halogens is 1. The van der Waals surface area contributed by atoms with Gasteiger partial charge in [-0.1, -0.05) is 17.7 Å². The molecule has 2 aromatic rings. The molecule has 7 heteroatoms. The highest BCUT2D eigenvalue weighted by Gasteiger charge is 2.11. The van der Waals surface area contributed by atoms with Crippen molar-refractivity contribution in [3.05, 3.63) is 59.1 Å². The van der Waals surface area contributed by atoms with Crippen molar-refractivity contribution in [3.63, 3.8) is 0 Å². The molecule has 0 heterocycles. The first-order valence-electron chi connectivity index (χ1n) is 6.83. The van der Waals surface area contributed by atoms with Crippen LogP contribution in [0.3, 0.4) is 0 Å². The summed E-state index contributed by atoms with van der Waals surface area (Å²) in [6, 6.07) is 12.8. The van der Waals surface area contributed by atoms with Crippen molar-refractivity contribution < 1.29 is 17.9 Å². The fraction of sp³-hybridized carbons (Fsp3) is 0.188. The van der Waals surface area contributed by atoms with Gasteiger partial charge in [-0.15, -0.1) is 0 Å². The second kappa shape index (κ2) is 7.48. The molecular formula is C16H16ClNO4S. The van der Waals surface area contributed by atoms with Crippen LogP contribution >= 0.6 is 11.6 Å². The van der Waals surface area contributed by atoms with E-state index >= 15 is 0 Å². The minimum Gasteiger partial charge on any atom is -0.492 e. The molecular weight excluding hydrogens is 338 g/mol. The Balaban J connectivity index is 1.86. The van der Waals surface area contributed by atoms with Gasteiger partial charge in [-0.2, -0.15) is 0 Å². The molecule has 0 fully saturated rings. The van der Waals surface area contributed by atoms with Gasteiger partial charge < -0.3 is 10.1 Å². The first-order valence-corrected chi connectivity index (χ1v) is 9.10. The highest BCUT2D eigenvalue weighted by Crippen LogP contribution is 2.15. The minimum atomic E-state index is -3.34. The fourth-order valence-electron chi connectivity index (χ4n) is 1.83. The first-order chi connectivity index (χ1) is 10.9. The fourth-order valence-corrected chi connectivity index (χ4v) is 2.63. The summed E-state index contributed by atoms with van der Waals surface area (Å²) in [6.45, 7) is 0.587. The zero-order valence-electron chi connectivity index (χ0n) is 12.5. The van der Waals surface area contributed by atoms with E-state index in [-0.39, 0.29) is 10.8 Å². The number of carbonyl (C=O) groups excluding carboxylic acids is 1. The van der Waals surface area contributed by atoms with Gasteiger partial charge in [-0.3, -0.25) is 4.79 Å². The summed E-state index contributed by atoms with van der Waals surface area (Å²) < 4.78 is 28.4. The zero-order valence-corrected chi connectivity index (χ0v) is 14.0. The average Bonchev–Trinajstić information content (AvgIpc) is 2.52. The summed E-state index contributed by atoms with van der Waals surface area (Å²) in [5.74, 6) is 0.304. The Bertz CT molecular complexity index is 788. The van der Waals surface area contributed by atoms with Gasteiger partial charge >= 0.3 is 0 Å². The van der Waals surface area contributed by atoms with E-state index in [0.717, 1.165) is 6.26 Å². The molecule has 5 nitrogen and oxygen atoms in total. The maximum atomic E-state index is 12.0. The van der Waals surface area contributed by atoms with Gasteiger partial charge in [0.05, 0.1) is 11.4 Å². The van der Waals surface area contributed by atoms with E-state index in [9.17, 15) is 13.2 Å². The Morgan fingerprint density at radius 2 is 1.87 bits per heavy atom. The maximum Gasteiger partial charge on any atom is 0.251 e. The summed E-state index contributed by atoms with van der Waals surface area (Å²) in [6.07, 6.45) is 1.10. The zero-order chi connectivity index (χ0) is 16.9. The molecule has 1 N–H and O–H groups in total. The molecule has 2 rings (SSSR count). The van der Waals surface area contributed by atoms with Crippen LogP contribution in [-0.2, 0) is 9.84 Å². The highest BCUT2D eigenvalue weighted by atomic mass is 35.5. The lowest BCUT2D eigenvalue weighted by Crippen LogP contribution is -2.28. The van der Waals surface area contributed by atoms with Crippen molar-refractivity contribution >= 4 is 27.3 Å². The second-order valence-electron chi connectivity index (χ2n) is 4.86. The topological polar surface area (TPSA) is 72.5 Å². The Hall–Kier alpha value is -2.05. The molecule has 122 valence electrons. The van der Waals surface area contributed by atoms with Crippen LogP contribution in [0.5, 0.6) is 5.75 Å². The van der Waals surface area contributed by atoms with E-state index < -0.39 is 9.84 Å². The average molecular weight is 354 g/mol. The molecule has 0 aromatic heterocycles.